The number of carboxylic acids is 1. The first-order chi connectivity index (χ1) is 9.45. The van der Waals surface area contributed by atoms with Crippen molar-refractivity contribution in [3.63, 3.8) is 0 Å². The highest BCUT2D eigenvalue weighted by Crippen LogP contribution is 2.31. The van der Waals surface area contributed by atoms with E-state index in [4.69, 9.17) is 5.73 Å². The maximum Gasteiger partial charge on any atom is 0.311 e. The number of carboxylic acid groups (broad SMARTS) is 1. The van der Waals surface area contributed by atoms with Gasteiger partial charge in [0.15, 0.2) is 0 Å². The third-order valence-electron chi connectivity index (χ3n) is 4.77. The number of hydrogen-bond acceptors (Lipinski definition) is 3. The van der Waals surface area contributed by atoms with E-state index in [9.17, 15) is 14.7 Å². The Hall–Kier alpha value is -1.10. The molecule has 1 atom stereocenters. The van der Waals surface area contributed by atoms with E-state index in [-0.39, 0.29) is 5.91 Å². The summed E-state index contributed by atoms with van der Waals surface area (Å²) in [5.74, 6) is -0.103. The number of carbonyl (C=O) groups is 2. The fourth-order valence-electron chi connectivity index (χ4n) is 2.18. The fourth-order valence-corrected chi connectivity index (χ4v) is 2.18. The number of hydrogen-bond donors (Lipinski definition) is 3. The van der Waals surface area contributed by atoms with Gasteiger partial charge in [-0.2, -0.15) is 0 Å². The van der Waals surface area contributed by atoms with Crippen molar-refractivity contribution in [2.45, 2.75) is 66.3 Å². The van der Waals surface area contributed by atoms with Gasteiger partial charge in [-0.15, -0.1) is 0 Å². The van der Waals surface area contributed by atoms with Gasteiger partial charge in [-0.1, -0.05) is 13.8 Å². The molecule has 4 N–H and O–H groups in total. The molecule has 0 aliphatic rings. The predicted molar refractivity (Wildman–Crippen MR) is 84.9 cm³/mol. The average molecular weight is 300 g/mol. The molecule has 0 aromatic heterocycles. The van der Waals surface area contributed by atoms with Gasteiger partial charge in [0.05, 0.1) is 5.41 Å². The minimum atomic E-state index is -1.03. The highest BCUT2D eigenvalue weighted by Gasteiger charge is 2.44. The molecule has 0 aliphatic carbocycles. The molecule has 5 heteroatoms. The van der Waals surface area contributed by atoms with Gasteiger partial charge in [-0.05, 0) is 58.9 Å². The summed E-state index contributed by atoms with van der Waals surface area (Å²) >= 11 is 0. The molecule has 0 aliphatic heterocycles. The Morgan fingerprint density at radius 3 is 2.05 bits per heavy atom. The molecule has 0 aromatic rings. The minimum Gasteiger partial charge on any atom is -0.481 e. The van der Waals surface area contributed by atoms with E-state index in [0.29, 0.717) is 24.8 Å². The molecule has 124 valence electrons. The Labute approximate surface area is 128 Å². The van der Waals surface area contributed by atoms with Crippen molar-refractivity contribution in [1.29, 1.82) is 0 Å². The summed E-state index contributed by atoms with van der Waals surface area (Å²) in [6.07, 6.45) is 2.10. The van der Waals surface area contributed by atoms with Gasteiger partial charge in [0.25, 0.3) is 0 Å². The zero-order valence-corrected chi connectivity index (χ0v) is 14.3. The molecule has 0 bridgehead atoms. The van der Waals surface area contributed by atoms with Gasteiger partial charge in [-0.3, -0.25) is 9.59 Å². The van der Waals surface area contributed by atoms with Crippen LogP contribution in [0.1, 0.15) is 60.8 Å². The monoisotopic (exact) mass is 300 g/mol. The first-order valence-electron chi connectivity index (χ1n) is 7.70. The van der Waals surface area contributed by atoms with Crippen LogP contribution in [0.25, 0.3) is 0 Å². The molecule has 0 fully saturated rings. The van der Waals surface area contributed by atoms with Crippen molar-refractivity contribution in [3.8, 4) is 0 Å². The topological polar surface area (TPSA) is 92.4 Å². The standard InChI is InChI=1S/C16H32N2O3/c1-11(2)12(9-10-17)7-8-13(19)18-16(5,6)15(3,4)14(20)21/h11-12H,7-10,17H2,1-6H3,(H,18,19)(H,20,21). The smallest absolute Gasteiger partial charge is 0.311 e. The van der Waals surface area contributed by atoms with E-state index >= 15 is 0 Å². The molecule has 21 heavy (non-hydrogen) atoms. The van der Waals surface area contributed by atoms with Crippen molar-refractivity contribution in [2.24, 2.45) is 23.0 Å². The van der Waals surface area contributed by atoms with Crippen LogP contribution >= 0.6 is 0 Å². The van der Waals surface area contributed by atoms with Crippen LogP contribution in [0, 0.1) is 17.3 Å². The van der Waals surface area contributed by atoms with Crippen LogP contribution in [0.4, 0.5) is 0 Å². The lowest BCUT2D eigenvalue weighted by Gasteiger charge is -2.39. The van der Waals surface area contributed by atoms with Crippen molar-refractivity contribution < 1.29 is 14.7 Å². The normalized spacial score (nSPS) is 14.1. The van der Waals surface area contributed by atoms with E-state index in [2.05, 4.69) is 19.2 Å². The van der Waals surface area contributed by atoms with Crippen LogP contribution in [0.5, 0.6) is 0 Å². The van der Waals surface area contributed by atoms with E-state index in [1.807, 2.05) is 0 Å². The number of carbonyl (C=O) groups excluding carboxylic acids is 1. The molecule has 0 spiro atoms. The van der Waals surface area contributed by atoms with Crippen LogP contribution in [0.3, 0.4) is 0 Å². The second-order valence-electron chi connectivity index (χ2n) is 7.22. The highest BCUT2D eigenvalue weighted by molar-refractivity contribution is 5.80. The lowest BCUT2D eigenvalue weighted by atomic mass is 9.74. The zero-order valence-electron chi connectivity index (χ0n) is 14.3. The summed E-state index contributed by atoms with van der Waals surface area (Å²) in [5, 5.41) is 12.1. The Kier molecular flexibility index (Phi) is 7.37. The van der Waals surface area contributed by atoms with Crippen LogP contribution in [0.2, 0.25) is 0 Å². The van der Waals surface area contributed by atoms with Gasteiger partial charge in [-0.25, -0.2) is 0 Å². The highest BCUT2D eigenvalue weighted by atomic mass is 16.4. The predicted octanol–water partition coefficient (Wildman–Crippen LogP) is 2.39. The Bertz CT molecular complexity index is 363. The van der Waals surface area contributed by atoms with E-state index < -0.39 is 16.9 Å². The van der Waals surface area contributed by atoms with Crippen molar-refractivity contribution in [3.05, 3.63) is 0 Å². The molecular formula is C16H32N2O3. The van der Waals surface area contributed by atoms with Gasteiger partial charge in [0.1, 0.15) is 0 Å². The van der Waals surface area contributed by atoms with Gasteiger partial charge in [0.2, 0.25) is 5.91 Å². The summed E-state index contributed by atoms with van der Waals surface area (Å²) in [6.45, 7) is 11.6. The van der Waals surface area contributed by atoms with Crippen LogP contribution in [-0.2, 0) is 9.59 Å². The number of nitrogens with two attached hydrogens (primary N) is 1. The largest absolute Gasteiger partial charge is 0.481 e. The summed E-state index contributed by atoms with van der Waals surface area (Å²) in [7, 11) is 0. The second kappa shape index (κ2) is 7.78. The van der Waals surface area contributed by atoms with Crippen LogP contribution in [0.15, 0.2) is 0 Å². The van der Waals surface area contributed by atoms with E-state index in [0.717, 1.165) is 12.8 Å². The van der Waals surface area contributed by atoms with E-state index in [1.165, 1.54) is 0 Å². The third-order valence-corrected chi connectivity index (χ3v) is 4.77. The van der Waals surface area contributed by atoms with Crippen molar-refractivity contribution >= 4 is 11.9 Å². The number of rotatable bonds is 9. The number of aliphatic carboxylic acids is 1. The summed E-state index contributed by atoms with van der Waals surface area (Å²) in [4.78, 5) is 23.4. The Morgan fingerprint density at radius 1 is 1.14 bits per heavy atom. The van der Waals surface area contributed by atoms with Gasteiger partial charge < -0.3 is 16.2 Å². The van der Waals surface area contributed by atoms with Gasteiger partial charge in [0, 0.05) is 12.0 Å². The first-order valence-corrected chi connectivity index (χ1v) is 7.70. The van der Waals surface area contributed by atoms with Crippen LogP contribution < -0.4 is 11.1 Å². The number of amides is 1. The second-order valence-corrected chi connectivity index (χ2v) is 7.22. The summed E-state index contributed by atoms with van der Waals surface area (Å²) in [6, 6.07) is 0. The lowest BCUT2D eigenvalue weighted by molar-refractivity contribution is -0.151. The van der Waals surface area contributed by atoms with E-state index in [1.54, 1.807) is 27.7 Å². The third kappa shape index (κ3) is 5.65. The summed E-state index contributed by atoms with van der Waals surface area (Å²) < 4.78 is 0. The first kappa shape index (κ1) is 19.9. The average Bonchev–Trinajstić information content (AvgIpc) is 2.32. The van der Waals surface area contributed by atoms with Crippen LogP contribution in [-0.4, -0.2) is 29.1 Å². The molecule has 1 amide bonds. The fraction of sp³-hybridized carbons (Fsp3) is 0.875. The maximum atomic E-state index is 12.1. The van der Waals surface area contributed by atoms with Gasteiger partial charge >= 0.3 is 5.97 Å². The van der Waals surface area contributed by atoms with Crippen molar-refractivity contribution in [1.82, 2.24) is 5.32 Å². The molecule has 0 rings (SSSR count). The molecule has 1 unspecified atom stereocenters. The Balaban J connectivity index is 4.59. The quantitative estimate of drug-likeness (QED) is 0.609. The molecule has 0 aromatic carbocycles. The molecular weight excluding hydrogens is 268 g/mol. The molecule has 0 radical (unpaired) electrons. The molecule has 0 heterocycles. The maximum absolute atomic E-state index is 12.1. The lowest BCUT2D eigenvalue weighted by Crippen LogP contribution is -2.57. The Morgan fingerprint density at radius 2 is 1.67 bits per heavy atom. The zero-order chi connectivity index (χ0) is 16.8. The number of nitrogens with one attached hydrogen (secondary N) is 1. The minimum absolute atomic E-state index is 0.100. The SMILES string of the molecule is CC(C)C(CCN)CCC(=O)NC(C)(C)C(C)(C)C(=O)O. The molecule has 0 saturated carbocycles. The summed E-state index contributed by atoms with van der Waals surface area (Å²) in [5.41, 5.74) is 3.76. The molecule has 0 saturated heterocycles. The molecule has 5 nitrogen and oxygen atoms in total. The van der Waals surface area contributed by atoms with Crippen molar-refractivity contribution in [2.75, 3.05) is 6.54 Å².